The third kappa shape index (κ3) is 6.74. The average molecular weight is 307 g/mol. The van der Waals surface area contributed by atoms with Crippen LogP contribution in [-0.4, -0.2) is 30.5 Å². The van der Waals surface area contributed by atoms with E-state index < -0.39 is 23.9 Å². The number of hydrogen-bond acceptors (Lipinski definition) is 4. The molecule has 22 heavy (non-hydrogen) atoms. The number of alkyl carbamates (subject to hydrolysis) is 1. The summed E-state index contributed by atoms with van der Waals surface area (Å²) in [7, 11) is 0. The van der Waals surface area contributed by atoms with Crippen LogP contribution in [0.4, 0.5) is 4.79 Å². The van der Waals surface area contributed by atoms with E-state index in [1.807, 2.05) is 37.3 Å². The van der Waals surface area contributed by atoms with Crippen LogP contribution < -0.4 is 16.4 Å². The Kier molecular flexibility index (Phi) is 7.45. The van der Waals surface area contributed by atoms with Gasteiger partial charge in [-0.2, -0.15) is 0 Å². The molecule has 3 amide bonds. The number of ether oxygens (including phenoxy) is 1. The summed E-state index contributed by atoms with van der Waals surface area (Å²) in [4.78, 5) is 34.2. The molecule has 0 aliphatic carbocycles. The van der Waals surface area contributed by atoms with Crippen LogP contribution in [-0.2, 0) is 20.9 Å². The Bertz CT molecular complexity index is 505. The highest BCUT2D eigenvalue weighted by molar-refractivity contribution is 5.88. The number of carbonyl (C=O) groups is 3. The maximum atomic E-state index is 11.6. The van der Waals surface area contributed by atoms with E-state index in [2.05, 4.69) is 10.6 Å². The molecule has 0 spiro atoms. The summed E-state index contributed by atoms with van der Waals surface area (Å²) < 4.78 is 4.96. The quantitative estimate of drug-likeness (QED) is 0.656. The summed E-state index contributed by atoms with van der Waals surface area (Å²) in [5.41, 5.74) is 6.02. The number of hydrogen-bond donors (Lipinski definition) is 3. The van der Waals surface area contributed by atoms with E-state index in [0.29, 0.717) is 12.8 Å². The number of primary amides is 1. The maximum absolute atomic E-state index is 11.6. The van der Waals surface area contributed by atoms with E-state index in [4.69, 9.17) is 10.5 Å². The first-order valence-electron chi connectivity index (χ1n) is 7.06. The third-order valence-corrected chi connectivity index (χ3v) is 2.86. The largest absolute Gasteiger partial charge is 0.445 e. The molecule has 1 rings (SSSR count). The van der Waals surface area contributed by atoms with Gasteiger partial charge in [-0.05, 0) is 12.0 Å². The molecule has 7 heteroatoms. The lowest BCUT2D eigenvalue weighted by Gasteiger charge is -2.14. The standard InChI is InChI=1S/C15H21N3O4/c1-2-6-12(14(16)20)18-13(19)9-17-15(21)22-10-11-7-4-3-5-8-11/h3-5,7-8,12H,2,6,9-10H2,1H3,(H2,16,20)(H,17,21)(H,18,19)/t12-/m0/s1. The SMILES string of the molecule is CCC[C@H](NC(=O)CNC(=O)OCc1ccccc1)C(N)=O. The fourth-order valence-corrected chi connectivity index (χ4v) is 1.75. The first kappa shape index (κ1) is 17.5. The van der Waals surface area contributed by atoms with Crippen molar-refractivity contribution in [3.05, 3.63) is 35.9 Å². The molecule has 1 aromatic carbocycles. The van der Waals surface area contributed by atoms with Crippen LogP contribution in [0, 0.1) is 0 Å². The van der Waals surface area contributed by atoms with Crippen molar-refractivity contribution in [2.75, 3.05) is 6.54 Å². The van der Waals surface area contributed by atoms with Gasteiger partial charge in [0.05, 0.1) is 0 Å². The number of rotatable bonds is 8. The molecule has 0 heterocycles. The molecular formula is C15H21N3O4. The van der Waals surface area contributed by atoms with Crippen molar-refractivity contribution in [2.24, 2.45) is 5.73 Å². The van der Waals surface area contributed by atoms with Gasteiger partial charge in [0.15, 0.2) is 0 Å². The van der Waals surface area contributed by atoms with Gasteiger partial charge in [0.2, 0.25) is 11.8 Å². The topological polar surface area (TPSA) is 111 Å². The number of benzene rings is 1. The smallest absolute Gasteiger partial charge is 0.407 e. The van der Waals surface area contributed by atoms with Crippen molar-refractivity contribution in [2.45, 2.75) is 32.4 Å². The minimum atomic E-state index is -0.723. The van der Waals surface area contributed by atoms with Crippen LogP contribution in [0.3, 0.4) is 0 Å². The molecule has 0 fully saturated rings. The second kappa shape index (κ2) is 9.38. The highest BCUT2D eigenvalue weighted by atomic mass is 16.5. The fraction of sp³-hybridized carbons (Fsp3) is 0.400. The summed E-state index contributed by atoms with van der Waals surface area (Å²) in [6, 6.07) is 8.45. The number of carbonyl (C=O) groups excluding carboxylic acids is 3. The van der Waals surface area contributed by atoms with Crippen LogP contribution in [0.15, 0.2) is 30.3 Å². The molecule has 0 bridgehead atoms. The summed E-state index contributed by atoms with van der Waals surface area (Å²) >= 11 is 0. The van der Waals surface area contributed by atoms with Gasteiger partial charge in [0.1, 0.15) is 19.2 Å². The monoisotopic (exact) mass is 307 g/mol. The van der Waals surface area contributed by atoms with Crippen LogP contribution in [0.25, 0.3) is 0 Å². The first-order valence-corrected chi connectivity index (χ1v) is 7.06. The fourth-order valence-electron chi connectivity index (χ4n) is 1.75. The Labute approximate surface area is 129 Å². The highest BCUT2D eigenvalue weighted by Crippen LogP contribution is 2.00. The van der Waals surface area contributed by atoms with Gasteiger partial charge in [-0.15, -0.1) is 0 Å². The minimum absolute atomic E-state index is 0.119. The molecule has 0 saturated carbocycles. The third-order valence-electron chi connectivity index (χ3n) is 2.86. The second-order valence-corrected chi connectivity index (χ2v) is 4.73. The van der Waals surface area contributed by atoms with Gasteiger partial charge in [-0.25, -0.2) is 4.79 Å². The minimum Gasteiger partial charge on any atom is -0.445 e. The molecular weight excluding hydrogens is 286 g/mol. The lowest BCUT2D eigenvalue weighted by atomic mass is 10.1. The Morgan fingerprint density at radius 1 is 1.23 bits per heavy atom. The van der Waals surface area contributed by atoms with E-state index in [1.165, 1.54) is 0 Å². The first-order chi connectivity index (χ1) is 10.5. The van der Waals surface area contributed by atoms with Crippen molar-refractivity contribution in [3.8, 4) is 0 Å². The molecule has 0 aliphatic heterocycles. The summed E-state index contributed by atoms with van der Waals surface area (Å²) in [5.74, 6) is -1.09. The van der Waals surface area contributed by atoms with Gasteiger partial charge >= 0.3 is 6.09 Å². The Hall–Kier alpha value is -2.57. The predicted octanol–water partition coefficient (Wildman–Crippen LogP) is 0.683. The van der Waals surface area contributed by atoms with Crippen molar-refractivity contribution >= 4 is 17.9 Å². The molecule has 0 aromatic heterocycles. The van der Waals surface area contributed by atoms with Crippen molar-refractivity contribution in [1.29, 1.82) is 0 Å². The normalized spacial score (nSPS) is 11.3. The zero-order valence-electron chi connectivity index (χ0n) is 12.5. The van der Waals surface area contributed by atoms with E-state index >= 15 is 0 Å². The Morgan fingerprint density at radius 2 is 1.91 bits per heavy atom. The van der Waals surface area contributed by atoms with Crippen molar-refractivity contribution in [3.63, 3.8) is 0 Å². The summed E-state index contributed by atoms with van der Waals surface area (Å²) in [6.45, 7) is 1.72. The number of nitrogens with one attached hydrogen (secondary N) is 2. The van der Waals surface area contributed by atoms with Crippen molar-refractivity contribution in [1.82, 2.24) is 10.6 Å². The zero-order chi connectivity index (χ0) is 16.4. The van der Waals surface area contributed by atoms with Gasteiger partial charge < -0.3 is 21.1 Å². The molecule has 1 atom stereocenters. The molecule has 7 nitrogen and oxygen atoms in total. The number of nitrogens with two attached hydrogens (primary N) is 1. The lowest BCUT2D eigenvalue weighted by molar-refractivity contribution is -0.127. The van der Waals surface area contributed by atoms with Gasteiger partial charge in [0.25, 0.3) is 0 Å². The number of amides is 3. The van der Waals surface area contributed by atoms with Crippen LogP contribution in [0.1, 0.15) is 25.3 Å². The Morgan fingerprint density at radius 3 is 2.50 bits per heavy atom. The van der Waals surface area contributed by atoms with Crippen molar-refractivity contribution < 1.29 is 19.1 Å². The van der Waals surface area contributed by atoms with Gasteiger partial charge in [-0.3, -0.25) is 9.59 Å². The van der Waals surface area contributed by atoms with E-state index in [0.717, 1.165) is 5.56 Å². The molecule has 1 aromatic rings. The molecule has 4 N–H and O–H groups in total. The summed E-state index contributed by atoms with van der Waals surface area (Å²) in [6.07, 6.45) is 0.463. The highest BCUT2D eigenvalue weighted by Gasteiger charge is 2.17. The molecule has 0 radical (unpaired) electrons. The lowest BCUT2D eigenvalue weighted by Crippen LogP contribution is -2.47. The Balaban J connectivity index is 2.28. The average Bonchev–Trinajstić information content (AvgIpc) is 2.51. The van der Waals surface area contributed by atoms with E-state index in [-0.39, 0.29) is 13.2 Å². The van der Waals surface area contributed by atoms with Gasteiger partial charge in [-0.1, -0.05) is 43.7 Å². The van der Waals surface area contributed by atoms with Gasteiger partial charge in [0, 0.05) is 0 Å². The van der Waals surface area contributed by atoms with E-state index in [9.17, 15) is 14.4 Å². The summed E-state index contributed by atoms with van der Waals surface area (Å²) in [5, 5.41) is 4.78. The second-order valence-electron chi connectivity index (χ2n) is 4.73. The maximum Gasteiger partial charge on any atom is 0.407 e. The molecule has 120 valence electrons. The van der Waals surface area contributed by atoms with E-state index in [1.54, 1.807) is 0 Å². The van der Waals surface area contributed by atoms with Crippen LogP contribution in [0.2, 0.25) is 0 Å². The van der Waals surface area contributed by atoms with Crippen LogP contribution in [0.5, 0.6) is 0 Å². The molecule has 0 aliphatic rings. The molecule has 0 unspecified atom stereocenters. The molecule has 0 saturated heterocycles. The predicted molar refractivity (Wildman–Crippen MR) is 80.7 cm³/mol. The van der Waals surface area contributed by atoms with Crippen LogP contribution >= 0.6 is 0 Å². The zero-order valence-corrected chi connectivity index (χ0v) is 12.5.